The summed E-state index contributed by atoms with van der Waals surface area (Å²) in [7, 11) is 1.88. The lowest BCUT2D eigenvalue weighted by atomic mass is 9.90. The van der Waals surface area contributed by atoms with Crippen molar-refractivity contribution in [3.05, 3.63) is 108 Å². The highest BCUT2D eigenvalue weighted by Crippen LogP contribution is 2.30. The van der Waals surface area contributed by atoms with E-state index in [9.17, 15) is 10.1 Å². The second-order valence-electron chi connectivity index (χ2n) is 11.2. The number of nitriles is 1. The third-order valence-electron chi connectivity index (χ3n) is 8.01. The van der Waals surface area contributed by atoms with Gasteiger partial charge in [-0.3, -0.25) is 14.6 Å². The monoisotopic (exact) mass is 613 g/mol. The van der Waals surface area contributed by atoms with Crippen LogP contribution in [0.5, 0.6) is 0 Å². The van der Waals surface area contributed by atoms with E-state index >= 15 is 0 Å². The van der Waals surface area contributed by atoms with Crippen LogP contribution >= 0.6 is 0 Å². The van der Waals surface area contributed by atoms with E-state index in [-0.39, 0.29) is 18.1 Å². The molecule has 0 spiro atoms. The van der Waals surface area contributed by atoms with E-state index in [0.29, 0.717) is 36.2 Å². The molecule has 2 amide bonds. The fourth-order valence-electron chi connectivity index (χ4n) is 5.59. The van der Waals surface area contributed by atoms with Gasteiger partial charge < -0.3 is 16.0 Å². The predicted octanol–water partition coefficient (Wildman–Crippen LogP) is 5.29. The van der Waals surface area contributed by atoms with E-state index in [1.807, 2.05) is 73.9 Å². The lowest BCUT2D eigenvalue weighted by molar-refractivity contribution is 0.240. The van der Waals surface area contributed by atoms with Crippen molar-refractivity contribution in [3.63, 3.8) is 0 Å². The van der Waals surface area contributed by atoms with Gasteiger partial charge in [-0.15, -0.1) is 0 Å². The maximum Gasteiger partial charge on any atom is 0.323 e. The fourth-order valence-corrected chi connectivity index (χ4v) is 5.59. The van der Waals surface area contributed by atoms with E-state index in [0.717, 1.165) is 48.1 Å². The molecule has 5 aromatic rings. The predicted molar refractivity (Wildman–Crippen MR) is 176 cm³/mol. The molecule has 0 unspecified atom stereocenters. The zero-order valence-electron chi connectivity index (χ0n) is 25.5. The Kier molecular flexibility index (Phi) is 9.39. The van der Waals surface area contributed by atoms with Gasteiger partial charge in [-0.25, -0.2) is 14.8 Å². The molecule has 4 heterocycles. The maximum absolute atomic E-state index is 13.7. The number of nitrogens with zero attached hydrogens (tertiary/aromatic N) is 8. The summed E-state index contributed by atoms with van der Waals surface area (Å²) in [6.07, 6.45) is 11.9. The van der Waals surface area contributed by atoms with Crippen LogP contribution in [0.25, 0.3) is 11.1 Å². The summed E-state index contributed by atoms with van der Waals surface area (Å²) >= 11 is 0. The number of nitrogens with one attached hydrogen (secondary N) is 3. The minimum atomic E-state index is -0.180. The Bertz CT molecular complexity index is 1780. The fraction of sp³-hybridized carbons (Fsp3) is 0.265. The quantitative estimate of drug-likeness (QED) is 0.191. The molecular weight excluding hydrogens is 578 g/mol. The molecule has 1 aromatic carbocycles. The van der Waals surface area contributed by atoms with Crippen LogP contribution in [0.15, 0.2) is 91.6 Å². The molecule has 4 aromatic heterocycles. The number of urea groups is 1. The number of aryl methyl sites for hydroxylation is 1. The Labute approximate surface area is 267 Å². The first-order valence-corrected chi connectivity index (χ1v) is 15.3. The van der Waals surface area contributed by atoms with Crippen LogP contribution < -0.4 is 20.9 Å². The van der Waals surface area contributed by atoms with E-state index in [1.165, 1.54) is 6.20 Å². The van der Waals surface area contributed by atoms with E-state index in [1.54, 1.807) is 28.2 Å². The average molecular weight is 614 g/mol. The molecule has 1 aliphatic rings. The molecule has 12 heteroatoms. The van der Waals surface area contributed by atoms with Gasteiger partial charge >= 0.3 is 6.03 Å². The van der Waals surface area contributed by atoms with Gasteiger partial charge in [-0.1, -0.05) is 36.4 Å². The Hall–Kier alpha value is -5.83. The third-order valence-corrected chi connectivity index (χ3v) is 8.01. The number of amides is 2. The SMILES string of the molecule is Cn1cc(-c2ccc(N(C(=O)NCc3ccccc3)[C@H]3CC[C@H](Nc4ncc(C#N)c(NCc5ccccn5)n4)CC3)nc2)cn1. The van der Waals surface area contributed by atoms with Crippen LogP contribution in [0.2, 0.25) is 0 Å². The Morgan fingerprint density at radius 1 is 0.935 bits per heavy atom. The van der Waals surface area contributed by atoms with Crippen LogP contribution in [0.1, 0.15) is 42.5 Å². The van der Waals surface area contributed by atoms with Crippen molar-refractivity contribution in [2.75, 3.05) is 15.5 Å². The van der Waals surface area contributed by atoms with Gasteiger partial charge in [-0.05, 0) is 55.5 Å². The second-order valence-corrected chi connectivity index (χ2v) is 11.2. The minimum Gasteiger partial charge on any atom is -0.363 e. The summed E-state index contributed by atoms with van der Waals surface area (Å²) in [6, 6.07) is 21.5. The highest BCUT2D eigenvalue weighted by atomic mass is 16.2. The van der Waals surface area contributed by atoms with Gasteiger partial charge in [-0.2, -0.15) is 15.3 Å². The van der Waals surface area contributed by atoms with Gasteiger partial charge in [0.1, 0.15) is 23.3 Å². The van der Waals surface area contributed by atoms with Gasteiger partial charge in [0.05, 0.1) is 24.6 Å². The molecule has 6 rings (SSSR count). The molecule has 1 fully saturated rings. The number of hydrogen-bond donors (Lipinski definition) is 3. The molecule has 0 aliphatic heterocycles. The smallest absolute Gasteiger partial charge is 0.323 e. The second kappa shape index (κ2) is 14.3. The standard InChI is InChI=1S/C34H35N11O/c1-44-23-27(21-41-44)25-10-15-31(37-19-25)45(34(46)40-18-24-7-3-2-4-8-24)30-13-11-28(12-14-30)42-33-39-20-26(17-35)32(43-33)38-22-29-9-5-6-16-36-29/h2-10,15-16,19-21,23,28,30H,11-14,18,22H2,1H3,(H,40,46)(H2,38,39,42,43)/t28-,30-. The maximum atomic E-state index is 13.7. The summed E-state index contributed by atoms with van der Waals surface area (Å²) in [5, 5.41) is 23.6. The molecule has 0 saturated heterocycles. The van der Waals surface area contributed by atoms with Crippen LogP contribution in [0, 0.1) is 11.3 Å². The average Bonchev–Trinajstić information content (AvgIpc) is 3.54. The number of rotatable bonds is 10. The number of benzene rings is 1. The van der Waals surface area contributed by atoms with Crippen LogP contribution in [0.4, 0.5) is 22.4 Å². The largest absolute Gasteiger partial charge is 0.363 e. The molecular formula is C34H35N11O. The third kappa shape index (κ3) is 7.44. The van der Waals surface area contributed by atoms with Crippen molar-refractivity contribution >= 4 is 23.6 Å². The van der Waals surface area contributed by atoms with Crippen LogP contribution in [-0.2, 0) is 20.1 Å². The number of aromatic nitrogens is 6. The van der Waals surface area contributed by atoms with Crippen molar-refractivity contribution in [1.82, 2.24) is 35.0 Å². The molecule has 0 radical (unpaired) electrons. The molecule has 12 nitrogen and oxygen atoms in total. The molecule has 232 valence electrons. The normalized spacial score (nSPS) is 15.8. The van der Waals surface area contributed by atoms with E-state index < -0.39 is 0 Å². The Morgan fingerprint density at radius 3 is 2.46 bits per heavy atom. The van der Waals surface area contributed by atoms with E-state index in [2.05, 4.69) is 42.1 Å². The van der Waals surface area contributed by atoms with Crippen molar-refractivity contribution in [2.45, 2.75) is 50.9 Å². The van der Waals surface area contributed by atoms with Crippen LogP contribution in [0.3, 0.4) is 0 Å². The lowest BCUT2D eigenvalue weighted by Crippen LogP contribution is -2.49. The Balaban J connectivity index is 1.13. The van der Waals surface area contributed by atoms with Gasteiger partial charge in [0.2, 0.25) is 5.95 Å². The van der Waals surface area contributed by atoms with Crippen molar-refractivity contribution in [1.29, 1.82) is 5.26 Å². The van der Waals surface area contributed by atoms with Crippen molar-refractivity contribution in [3.8, 4) is 17.2 Å². The van der Waals surface area contributed by atoms with Crippen molar-refractivity contribution < 1.29 is 4.79 Å². The first-order chi connectivity index (χ1) is 22.6. The highest BCUT2D eigenvalue weighted by Gasteiger charge is 2.31. The van der Waals surface area contributed by atoms with Crippen LogP contribution in [-0.4, -0.2) is 47.8 Å². The van der Waals surface area contributed by atoms with Gasteiger partial charge in [0.15, 0.2) is 0 Å². The number of carbonyl (C=O) groups is 1. The summed E-state index contributed by atoms with van der Waals surface area (Å²) in [4.78, 5) is 33.5. The summed E-state index contributed by atoms with van der Waals surface area (Å²) in [6.45, 7) is 0.865. The molecule has 0 atom stereocenters. The first-order valence-electron chi connectivity index (χ1n) is 15.3. The zero-order valence-corrected chi connectivity index (χ0v) is 25.5. The summed E-state index contributed by atoms with van der Waals surface area (Å²) in [5.41, 5.74) is 4.14. The summed E-state index contributed by atoms with van der Waals surface area (Å²) < 4.78 is 1.75. The molecule has 1 aliphatic carbocycles. The molecule has 46 heavy (non-hydrogen) atoms. The van der Waals surface area contributed by atoms with E-state index in [4.69, 9.17) is 4.98 Å². The Morgan fingerprint density at radius 2 is 1.76 bits per heavy atom. The molecule has 1 saturated carbocycles. The first kappa shape index (κ1) is 30.2. The summed E-state index contributed by atoms with van der Waals surface area (Å²) in [5.74, 6) is 1.52. The molecule has 3 N–H and O–H groups in total. The lowest BCUT2D eigenvalue weighted by Gasteiger charge is -2.36. The van der Waals surface area contributed by atoms with Gasteiger partial charge in [0, 0.05) is 55.4 Å². The highest BCUT2D eigenvalue weighted by molar-refractivity contribution is 5.91. The zero-order chi connectivity index (χ0) is 31.7. The number of anilines is 3. The molecule has 0 bridgehead atoms. The van der Waals surface area contributed by atoms with Gasteiger partial charge in [0.25, 0.3) is 0 Å². The number of carbonyl (C=O) groups excluding carboxylic acids is 1. The topological polar surface area (TPSA) is 150 Å². The minimum absolute atomic E-state index is 0.0388. The number of hydrogen-bond acceptors (Lipinski definition) is 9. The number of pyridine rings is 2. The van der Waals surface area contributed by atoms with Crippen molar-refractivity contribution in [2.24, 2.45) is 7.05 Å².